The maximum atomic E-state index is 13.3. The largest absolute Gasteiger partial charge is 0.454 e. The Kier molecular flexibility index (Phi) is 4.13. The average molecular weight is 383 g/mol. The number of imide groups is 1. The molecule has 0 aliphatic carbocycles. The van der Waals surface area contributed by atoms with Crippen molar-refractivity contribution in [3.8, 4) is 11.5 Å². The fourth-order valence-corrected chi connectivity index (χ4v) is 3.62. The van der Waals surface area contributed by atoms with Gasteiger partial charge in [0.05, 0.1) is 6.54 Å². The number of hydrogen-bond acceptors (Lipinski definition) is 4. The SMILES string of the molecule is O=C1/C(=C/c2ccccc2)c2ccccc2C(=O)N1Cc1ccc2c(c1)OCO2. The van der Waals surface area contributed by atoms with Crippen molar-refractivity contribution in [2.45, 2.75) is 6.54 Å². The maximum absolute atomic E-state index is 13.3. The zero-order valence-corrected chi connectivity index (χ0v) is 15.5. The molecule has 0 unspecified atom stereocenters. The Hall–Kier alpha value is -3.86. The molecule has 2 heterocycles. The molecule has 0 N–H and O–H groups in total. The highest BCUT2D eigenvalue weighted by molar-refractivity contribution is 6.33. The predicted octanol–water partition coefficient (Wildman–Crippen LogP) is 4.14. The lowest BCUT2D eigenvalue weighted by molar-refractivity contribution is -0.123. The summed E-state index contributed by atoms with van der Waals surface area (Å²) >= 11 is 0. The number of ether oxygens (including phenoxy) is 2. The van der Waals surface area contributed by atoms with Crippen LogP contribution in [0, 0.1) is 0 Å². The second-order valence-electron chi connectivity index (χ2n) is 6.90. The molecule has 29 heavy (non-hydrogen) atoms. The molecule has 5 nitrogen and oxygen atoms in total. The van der Waals surface area contributed by atoms with Gasteiger partial charge in [-0.1, -0.05) is 54.6 Å². The predicted molar refractivity (Wildman–Crippen MR) is 108 cm³/mol. The lowest BCUT2D eigenvalue weighted by Crippen LogP contribution is -2.41. The van der Waals surface area contributed by atoms with Gasteiger partial charge in [-0.2, -0.15) is 0 Å². The monoisotopic (exact) mass is 383 g/mol. The fraction of sp³-hybridized carbons (Fsp3) is 0.0833. The Morgan fingerprint density at radius 3 is 2.34 bits per heavy atom. The van der Waals surface area contributed by atoms with Gasteiger partial charge < -0.3 is 9.47 Å². The van der Waals surface area contributed by atoms with E-state index in [4.69, 9.17) is 9.47 Å². The highest BCUT2D eigenvalue weighted by Gasteiger charge is 2.34. The van der Waals surface area contributed by atoms with Crippen LogP contribution in [0.4, 0.5) is 0 Å². The number of amides is 2. The van der Waals surface area contributed by atoms with Gasteiger partial charge in [0.1, 0.15) is 0 Å². The number of carbonyl (C=O) groups excluding carboxylic acids is 2. The molecule has 3 aromatic rings. The Labute approximate surface area is 167 Å². The van der Waals surface area contributed by atoms with Crippen LogP contribution < -0.4 is 9.47 Å². The molecule has 0 fully saturated rings. The Morgan fingerprint density at radius 2 is 1.52 bits per heavy atom. The quantitative estimate of drug-likeness (QED) is 0.504. The molecule has 3 aromatic carbocycles. The second-order valence-corrected chi connectivity index (χ2v) is 6.90. The van der Waals surface area contributed by atoms with Gasteiger partial charge in [0.15, 0.2) is 11.5 Å². The third-order valence-electron chi connectivity index (χ3n) is 5.06. The molecule has 0 radical (unpaired) electrons. The number of carbonyl (C=O) groups is 2. The van der Waals surface area contributed by atoms with Gasteiger partial charge in [-0.25, -0.2) is 0 Å². The van der Waals surface area contributed by atoms with Crippen molar-refractivity contribution in [2.75, 3.05) is 6.79 Å². The van der Waals surface area contributed by atoms with E-state index in [-0.39, 0.29) is 25.2 Å². The van der Waals surface area contributed by atoms with Gasteiger partial charge in [0.25, 0.3) is 11.8 Å². The van der Waals surface area contributed by atoms with Crippen molar-refractivity contribution < 1.29 is 19.1 Å². The van der Waals surface area contributed by atoms with E-state index in [0.29, 0.717) is 28.2 Å². The molecule has 2 aliphatic rings. The first-order chi connectivity index (χ1) is 14.2. The van der Waals surface area contributed by atoms with Crippen LogP contribution in [0.1, 0.15) is 27.0 Å². The summed E-state index contributed by atoms with van der Waals surface area (Å²) in [6, 6.07) is 22.3. The van der Waals surface area contributed by atoms with Crippen molar-refractivity contribution in [3.63, 3.8) is 0 Å². The molecule has 2 amide bonds. The number of rotatable bonds is 3. The van der Waals surface area contributed by atoms with Crippen LogP contribution in [-0.4, -0.2) is 23.5 Å². The van der Waals surface area contributed by atoms with Crippen molar-refractivity contribution >= 4 is 23.5 Å². The van der Waals surface area contributed by atoms with E-state index in [1.165, 1.54) is 4.90 Å². The molecular formula is C24H17NO4. The first-order valence-corrected chi connectivity index (χ1v) is 9.31. The van der Waals surface area contributed by atoms with E-state index in [1.807, 2.05) is 66.7 Å². The average Bonchev–Trinajstić information content (AvgIpc) is 3.23. The van der Waals surface area contributed by atoms with E-state index in [0.717, 1.165) is 11.1 Å². The van der Waals surface area contributed by atoms with Gasteiger partial charge in [0, 0.05) is 11.1 Å². The summed E-state index contributed by atoms with van der Waals surface area (Å²) in [6.45, 7) is 0.340. The summed E-state index contributed by atoms with van der Waals surface area (Å²) in [5.41, 5.74) is 3.40. The zero-order chi connectivity index (χ0) is 19.8. The van der Waals surface area contributed by atoms with Gasteiger partial charge in [0.2, 0.25) is 6.79 Å². The van der Waals surface area contributed by atoms with Crippen molar-refractivity contribution in [1.82, 2.24) is 4.90 Å². The number of nitrogens with zero attached hydrogens (tertiary/aromatic N) is 1. The van der Waals surface area contributed by atoms with Gasteiger partial charge in [-0.15, -0.1) is 0 Å². The Bertz CT molecular complexity index is 1150. The molecule has 0 saturated carbocycles. The van der Waals surface area contributed by atoms with Crippen molar-refractivity contribution in [3.05, 3.63) is 95.1 Å². The molecule has 0 bridgehead atoms. The minimum atomic E-state index is -0.310. The molecule has 0 spiro atoms. The first-order valence-electron chi connectivity index (χ1n) is 9.31. The van der Waals surface area contributed by atoms with E-state index in [1.54, 1.807) is 12.1 Å². The lowest BCUT2D eigenvalue weighted by Gasteiger charge is -2.28. The van der Waals surface area contributed by atoms with Crippen LogP contribution in [-0.2, 0) is 11.3 Å². The summed E-state index contributed by atoms with van der Waals surface area (Å²) in [4.78, 5) is 27.7. The summed E-state index contributed by atoms with van der Waals surface area (Å²) in [6.07, 6.45) is 1.83. The topological polar surface area (TPSA) is 55.8 Å². The van der Waals surface area contributed by atoms with Crippen LogP contribution in [0.25, 0.3) is 11.6 Å². The van der Waals surface area contributed by atoms with E-state index in [9.17, 15) is 9.59 Å². The maximum Gasteiger partial charge on any atom is 0.261 e. The number of fused-ring (bicyclic) bond motifs is 2. The highest BCUT2D eigenvalue weighted by Crippen LogP contribution is 2.35. The van der Waals surface area contributed by atoms with Crippen LogP contribution in [0.2, 0.25) is 0 Å². The van der Waals surface area contributed by atoms with Crippen molar-refractivity contribution in [1.29, 1.82) is 0 Å². The summed E-state index contributed by atoms with van der Waals surface area (Å²) in [5, 5.41) is 0. The molecular weight excluding hydrogens is 366 g/mol. The molecule has 5 heteroatoms. The normalized spacial score (nSPS) is 16.3. The minimum Gasteiger partial charge on any atom is -0.454 e. The van der Waals surface area contributed by atoms with Gasteiger partial charge >= 0.3 is 0 Å². The smallest absolute Gasteiger partial charge is 0.261 e. The van der Waals surface area contributed by atoms with Gasteiger partial charge in [-0.3, -0.25) is 14.5 Å². The lowest BCUT2D eigenvalue weighted by atomic mass is 9.91. The number of hydrogen-bond donors (Lipinski definition) is 0. The van der Waals surface area contributed by atoms with Crippen LogP contribution >= 0.6 is 0 Å². The zero-order valence-electron chi connectivity index (χ0n) is 15.5. The van der Waals surface area contributed by atoms with E-state index >= 15 is 0 Å². The summed E-state index contributed by atoms with van der Waals surface area (Å²) in [5.74, 6) is 0.684. The summed E-state index contributed by atoms with van der Waals surface area (Å²) in [7, 11) is 0. The molecule has 142 valence electrons. The van der Waals surface area contributed by atoms with Crippen LogP contribution in [0.3, 0.4) is 0 Å². The Morgan fingerprint density at radius 1 is 0.793 bits per heavy atom. The van der Waals surface area contributed by atoms with Crippen LogP contribution in [0.5, 0.6) is 11.5 Å². The molecule has 2 aliphatic heterocycles. The van der Waals surface area contributed by atoms with E-state index in [2.05, 4.69) is 0 Å². The van der Waals surface area contributed by atoms with Crippen LogP contribution in [0.15, 0.2) is 72.8 Å². The molecule has 0 aromatic heterocycles. The Balaban J connectivity index is 1.56. The fourth-order valence-electron chi connectivity index (χ4n) is 3.62. The first kappa shape index (κ1) is 17.3. The number of benzene rings is 3. The summed E-state index contributed by atoms with van der Waals surface area (Å²) < 4.78 is 10.8. The van der Waals surface area contributed by atoms with Crippen molar-refractivity contribution in [2.24, 2.45) is 0 Å². The second kappa shape index (κ2) is 6.95. The highest BCUT2D eigenvalue weighted by atomic mass is 16.7. The third-order valence-corrected chi connectivity index (χ3v) is 5.06. The molecule has 0 saturated heterocycles. The van der Waals surface area contributed by atoms with E-state index < -0.39 is 0 Å². The standard InChI is InChI=1S/C24H17NO4/c26-23-19-9-5-4-8-18(19)20(12-16-6-2-1-3-7-16)24(27)25(23)14-17-10-11-21-22(13-17)29-15-28-21/h1-13H,14-15H2/b20-12+. The molecule has 0 atom stereocenters. The third kappa shape index (κ3) is 3.06. The minimum absolute atomic E-state index is 0.161. The van der Waals surface area contributed by atoms with Gasteiger partial charge in [-0.05, 0) is 41.0 Å². The molecule has 5 rings (SSSR count).